The molecule has 0 radical (unpaired) electrons. The highest BCUT2D eigenvalue weighted by Crippen LogP contribution is 2.20. The maximum atomic E-state index is 13.2. The molecule has 0 atom stereocenters. The zero-order valence-corrected chi connectivity index (χ0v) is 12.5. The molecule has 0 saturated carbocycles. The van der Waals surface area contributed by atoms with Crippen LogP contribution in [0.15, 0.2) is 42.5 Å². The van der Waals surface area contributed by atoms with E-state index < -0.39 is 0 Å². The van der Waals surface area contributed by atoms with Gasteiger partial charge in [0.15, 0.2) is 0 Å². The number of nitrogens with two attached hydrogens (primary N) is 1. The summed E-state index contributed by atoms with van der Waals surface area (Å²) in [6.45, 7) is 1.26. The molecule has 0 heterocycles. The molecule has 2 aromatic carbocycles. The summed E-state index contributed by atoms with van der Waals surface area (Å²) in [6.07, 6.45) is 0. The van der Waals surface area contributed by atoms with Gasteiger partial charge in [0, 0.05) is 23.7 Å². The van der Waals surface area contributed by atoms with Crippen LogP contribution in [0.2, 0.25) is 5.02 Å². The van der Waals surface area contributed by atoms with Gasteiger partial charge in [-0.25, -0.2) is 4.39 Å². The van der Waals surface area contributed by atoms with E-state index in [4.69, 9.17) is 22.7 Å². The van der Waals surface area contributed by atoms with Crippen LogP contribution >= 0.6 is 11.6 Å². The lowest BCUT2D eigenvalue weighted by Gasteiger charge is -2.18. The second-order valence-electron chi connectivity index (χ2n) is 5.02. The van der Waals surface area contributed by atoms with Crippen LogP contribution in [0, 0.1) is 11.2 Å². The molecular weight excluding hydrogens is 289 g/mol. The first-order chi connectivity index (χ1) is 9.95. The van der Waals surface area contributed by atoms with Crippen molar-refractivity contribution in [3.63, 3.8) is 0 Å². The number of amidine groups is 1. The Morgan fingerprint density at radius 3 is 2.62 bits per heavy atom. The topological polar surface area (TPSA) is 53.1 Å². The standard InChI is InChI=1S/C16H17ClFN3/c1-21(9-11-3-2-4-14(18)7-11)10-13-6-5-12(16(19)20)8-15(13)17/h2-8H,9-10H2,1H3,(H3,19,20). The summed E-state index contributed by atoms with van der Waals surface area (Å²) in [4.78, 5) is 2.05. The fourth-order valence-electron chi connectivity index (χ4n) is 2.14. The Labute approximate surface area is 128 Å². The largest absolute Gasteiger partial charge is 0.384 e. The number of benzene rings is 2. The zero-order valence-electron chi connectivity index (χ0n) is 11.7. The number of rotatable bonds is 5. The Bertz CT molecular complexity index is 658. The molecule has 21 heavy (non-hydrogen) atoms. The predicted octanol–water partition coefficient (Wildman–Crippen LogP) is 3.40. The Hall–Kier alpha value is -1.91. The molecule has 0 unspecified atom stereocenters. The maximum Gasteiger partial charge on any atom is 0.123 e. The normalized spacial score (nSPS) is 10.9. The quantitative estimate of drug-likeness (QED) is 0.657. The van der Waals surface area contributed by atoms with E-state index >= 15 is 0 Å². The maximum absolute atomic E-state index is 13.2. The lowest BCUT2D eigenvalue weighted by molar-refractivity contribution is 0.318. The molecule has 0 fully saturated rings. The van der Waals surface area contributed by atoms with Gasteiger partial charge in [0.1, 0.15) is 11.7 Å². The van der Waals surface area contributed by atoms with E-state index in [9.17, 15) is 4.39 Å². The molecule has 0 spiro atoms. The molecule has 2 aromatic rings. The van der Waals surface area contributed by atoms with Crippen LogP contribution in [0.5, 0.6) is 0 Å². The first-order valence-electron chi connectivity index (χ1n) is 6.51. The Morgan fingerprint density at radius 2 is 2.00 bits per heavy atom. The van der Waals surface area contributed by atoms with Crippen molar-refractivity contribution in [1.29, 1.82) is 5.41 Å². The smallest absolute Gasteiger partial charge is 0.123 e. The average Bonchev–Trinajstić information content (AvgIpc) is 2.40. The monoisotopic (exact) mass is 305 g/mol. The minimum atomic E-state index is -0.232. The second kappa shape index (κ2) is 6.70. The van der Waals surface area contributed by atoms with Crippen LogP contribution in [0.25, 0.3) is 0 Å². The van der Waals surface area contributed by atoms with Crippen molar-refractivity contribution < 1.29 is 4.39 Å². The number of hydrogen-bond donors (Lipinski definition) is 2. The van der Waals surface area contributed by atoms with Crippen molar-refractivity contribution in [1.82, 2.24) is 4.90 Å². The molecule has 0 aromatic heterocycles. The Kier molecular flexibility index (Phi) is 4.94. The third-order valence-electron chi connectivity index (χ3n) is 3.15. The van der Waals surface area contributed by atoms with Crippen LogP contribution in [-0.4, -0.2) is 17.8 Å². The number of nitrogens with one attached hydrogen (secondary N) is 1. The van der Waals surface area contributed by atoms with Crippen LogP contribution in [0.4, 0.5) is 4.39 Å². The van der Waals surface area contributed by atoms with E-state index in [0.717, 1.165) is 11.1 Å². The SMILES string of the molecule is CN(Cc1cccc(F)c1)Cc1ccc(C(=N)N)cc1Cl. The van der Waals surface area contributed by atoms with Gasteiger partial charge in [-0.2, -0.15) is 0 Å². The van der Waals surface area contributed by atoms with Crippen molar-refractivity contribution >= 4 is 17.4 Å². The van der Waals surface area contributed by atoms with Gasteiger partial charge in [0.2, 0.25) is 0 Å². The summed E-state index contributed by atoms with van der Waals surface area (Å²) in [7, 11) is 1.94. The zero-order chi connectivity index (χ0) is 15.4. The lowest BCUT2D eigenvalue weighted by atomic mass is 10.1. The molecule has 5 heteroatoms. The lowest BCUT2D eigenvalue weighted by Crippen LogP contribution is -2.18. The minimum Gasteiger partial charge on any atom is -0.384 e. The average molecular weight is 306 g/mol. The highest BCUT2D eigenvalue weighted by molar-refractivity contribution is 6.31. The Balaban J connectivity index is 2.06. The number of hydrogen-bond acceptors (Lipinski definition) is 2. The van der Waals surface area contributed by atoms with Crippen LogP contribution in [-0.2, 0) is 13.1 Å². The highest BCUT2D eigenvalue weighted by atomic mass is 35.5. The van der Waals surface area contributed by atoms with Gasteiger partial charge in [0.05, 0.1) is 0 Å². The summed E-state index contributed by atoms with van der Waals surface area (Å²) >= 11 is 6.21. The third kappa shape index (κ3) is 4.28. The summed E-state index contributed by atoms with van der Waals surface area (Å²) in [5.74, 6) is -0.235. The van der Waals surface area contributed by atoms with E-state index in [1.54, 1.807) is 18.2 Å². The molecule has 2 rings (SSSR count). The van der Waals surface area contributed by atoms with Gasteiger partial charge in [-0.1, -0.05) is 35.9 Å². The summed E-state index contributed by atoms with van der Waals surface area (Å²) < 4.78 is 13.2. The highest BCUT2D eigenvalue weighted by Gasteiger charge is 2.08. The van der Waals surface area contributed by atoms with Gasteiger partial charge >= 0.3 is 0 Å². The first-order valence-corrected chi connectivity index (χ1v) is 6.89. The second-order valence-corrected chi connectivity index (χ2v) is 5.43. The van der Waals surface area contributed by atoms with Crippen molar-refractivity contribution in [3.8, 4) is 0 Å². The molecule has 0 aliphatic carbocycles. The predicted molar refractivity (Wildman–Crippen MR) is 84.0 cm³/mol. The van der Waals surface area contributed by atoms with Gasteiger partial charge in [0.25, 0.3) is 0 Å². The van der Waals surface area contributed by atoms with Crippen LogP contribution in [0.1, 0.15) is 16.7 Å². The number of nitrogens with zero attached hydrogens (tertiary/aromatic N) is 1. The van der Waals surface area contributed by atoms with E-state index in [1.165, 1.54) is 12.1 Å². The third-order valence-corrected chi connectivity index (χ3v) is 3.50. The van der Waals surface area contributed by atoms with Gasteiger partial charge in [-0.15, -0.1) is 0 Å². The van der Waals surface area contributed by atoms with Crippen LogP contribution < -0.4 is 5.73 Å². The van der Waals surface area contributed by atoms with Crippen molar-refractivity contribution in [3.05, 3.63) is 70.0 Å². The van der Waals surface area contributed by atoms with Crippen molar-refractivity contribution in [2.75, 3.05) is 7.05 Å². The summed E-state index contributed by atoms with van der Waals surface area (Å²) in [5, 5.41) is 7.96. The molecule has 0 bridgehead atoms. The van der Waals surface area contributed by atoms with Gasteiger partial charge < -0.3 is 5.73 Å². The number of nitrogen functional groups attached to an aromatic ring is 1. The van der Waals surface area contributed by atoms with Gasteiger partial charge in [-0.05, 0) is 36.4 Å². The van der Waals surface area contributed by atoms with E-state index in [0.29, 0.717) is 23.7 Å². The summed E-state index contributed by atoms with van der Waals surface area (Å²) in [5.41, 5.74) is 7.89. The Morgan fingerprint density at radius 1 is 1.24 bits per heavy atom. The minimum absolute atomic E-state index is 0.00318. The van der Waals surface area contributed by atoms with E-state index in [1.807, 2.05) is 24.1 Å². The van der Waals surface area contributed by atoms with E-state index in [2.05, 4.69) is 0 Å². The first kappa shape index (κ1) is 15.5. The fraction of sp³-hybridized carbons (Fsp3) is 0.188. The van der Waals surface area contributed by atoms with Gasteiger partial charge in [-0.3, -0.25) is 10.3 Å². The molecule has 0 aliphatic rings. The molecule has 0 saturated heterocycles. The fourth-order valence-corrected chi connectivity index (χ4v) is 2.38. The molecular formula is C16H17ClFN3. The van der Waals surface area contributed by atoms with Crippen molar-refractivity contribution in [2.45, 2.75) is 13.1 Å². The molecule has 0 amide bonds. The van der Waals surface area contributed by atoms with Crippen molar-refractivity contribution in [2.24, 2.45) is 5.73 Å². The van der Waals surface area contributed by atoms with Crippen LogP contribution in [0.3, 0.4) is 0 Å². The molecule has 3 N–H and O–H groups in total. The molecule has 110 valence electrons. The summed E-state index contributed by atoms with van der Waals surface area (Å²) in [6, 6.07) is 11.9. The molecule has 0 aliphatic heterocycles. The van der Waals surface area contributed by atoms with E-state index in [-0.39, 0.29) is 11.7 Å². The molecule has 3 nitrogen and oxygen atoms in total. The number of halogens is 2.